The van der Waals surface area contributed by atoms with Crippen LogP contribution in [0.3, 0.4) is 0 Å². The van der Waals surface area contributed by atoms with Crippen LogP contribution in [0.15, 0.2) is 0 Å². The van der Waals surface area contributed by atoms with Crippen molar-refractivity contribution in [1.82, 2.24) is 0 Å². The SMILES string of the molecule is CO[Si](C)(OC)OC(C)=O.[Li]. The summed E-state index contributed by atoms with van der Waals surface area (Å²) in [6.45, 7) is 2.97. The molecule has 4 nitrogen and oxygen atoms in total. The largest absolute Gasteiger partial charge is 0.564 e. The van der Waals surface area contributed by atoms with Gasteiger partial charge >= 0.3 is 8.80 Å². The number of carbonyl (C=O) groups excluding carboxylic acids is 1. The van der Waals surface area contributed by atoms with Gasteiger partial charge in [0.05, 0.1) is 0 Å². The fourth-order valence-corrected chi connectivity index (χ4v) is 1.28. The van der Waals surface area contributed by atoms with Gasteiger partial charge < -0.3 is 13.3 Å². The summed E-state index contributed by atoms with van der Waals surface area (Å²) in [4.78, 5) is 10.4. The van der Waals surface area contributed by atoms with Gasteiger partial charge in [0.1, 0.15) is 0 Å². The van der Waals surface area contributed by atoms with E-state index in [4.69, 9.17) is 13.3 Å². The van der Waals surface area contributed by atoms with Crippen molar-refractivity contribution in [3.8, 4) is 0 Å². The van der Waals surface area contributed by atoms with Crippen LogP contribution in [0.4, 0.5) is 0 Å². The van der Waals surface area contributed by atoms with E-state index in [9.17, 15) is 4.79 Å². The summed E-state index contributed by atoms with van der Waals surface area (Å²) >= 11 is 0. The molecular weight excluding hydrogens is 159 g/mol. The molecule has 0 unspecified atom stereocenters. The maximum atomic E-state index is 10.4. The number of hydrogen-bond donors (Lipinski definition) is 0. The van der Waals surface area contributed by atoms with Crippen molar-refractivity contribution in [1.29, 1.82) is 0 Å². The quantitative estimate of drug-likeness (QED) is 0.562. The van der Waals surface area contributed by atoms with Gasteiger partial charge in [-0.1, -0.05) is 0 Å². The average molecular weight is 171 g/mol. The van der Waals surface area contributed by atoms with Crippen molar-refractivity contribution in [2.75, 3.05) is 14.2 Å². The minimum Gasteiger partial charge on any atom is -0.474 e. The summed E-state index contributed by atoms with van der Waals surface area (Å²) in [5.74, 6) is -0.377. The van der Waals surface area contributed by atoms with Crippen LogP contribution in [0.5, 0.6) is 0 Å². The third-order valence-electron chi connectivity index (χ3n) is 1.07. The van der Waals surface area contributed by atoms with Crippen LogP contribution in [-0.2, 0) is 18.1 Å². The standard InChI is InChI=1S/C5H12O4Si.Li/c1-5(6)9-10(4,7-2)8-3;/h1-4H3;. The molecule has 0 rings (SSSR count). The Hall–Kier alpha value is 0.204. The maximum absolute atomic E-state index is 10.4. The molecule has 0 saturated heterocycles. The van der Waals surface area contributed by atoms with E-state index in [-0.39, 0.29) is 24.8 Å². The normalized spacial score (nSPS) is 10.2. The fraction of sp³-hybridized carbons (Fsp3) is 0.800. The molecule has 61 valence electrons. The first-order valence-electron chi connectivity index (χ1n) is 2.84. The minimum atomic E-state index is -2.61. The van der Waals surface area contributed by atoms with Gasteiger partial charge in [-0.3, -0.25) is 4.79 Å². The molecule has 0 amide bonds. The van der Waals surface area contributed by atoms with E-state index in [0.29, 0.717) is 0 Å². The number of hydrogen-bond acceptors (Lipinski definition) is 4. The van der Waals surface area contributed by atoms with Crippen LogP contribution in [-0.4, -0.2) is 47.9 Å². The van der Waals surface area contributed by atoms with E-state index < -0.39 is 8.80 Å². The summed E-state index contributed by atoms with van der Waals surface area (Å²) in [6.07, 6.45) is 0. The van der Waals surface area contributed by atoms with Gasteiger partial charge in [0.25, 0.3) is 5.97 Å². The summed E-state index contributed by atoms with van der Waals surface area (Å²) in [7, 11) is 0.304. The first-order valence-corrected chi connectivity index (χ1v) is 5.06. The molecule has 0 heterocycles. The molecule has 0 N–H and O–H groups in total. The minimum absolute atomic E-state index is 0. The Kier molecular flexibility index (Phi) is 7.27. The molecule has 6 heteroatoms. The molecule has 0 fully saturated rings. The van der Waals surface area contributed by atoms with Crippen LogP contribution in [0.1, 0.15) is 6.92 Å². The van der Waals surface area contributed by atoms with Crippen LogP contribution < -0.4 is 0 Å². The predicted molar refractivity (Wildman–Crippen MR) is 43.2 cm³/mol. The van der Waals surface area contributed by atoms with Gasteiger partial charge in [-0.15, -0.1) is 0 Å². The molecule has 1 radical (unpaired) electrons. The molecule has 0 aromatic heterocycles. The molecule has 0 bridgehead atoms. The second-order valence-corrected chi connectivity index (χ2v) is 4.61. The van der Waals surface area contributed by atoms with Crippen LogP contribution in [0.2, 0.25) is 6.55 Å². The molecule has 0 aliphatic rings. The van der Waals surface area contributed by atoms with Crippen LogP contribution in [0, 0.1) is 0 Å². The Morgan fingerprint density at radius 1 is 1.27 bits per heavy atom. The topological polar surface area (TPSA) is 44.8 Å². The Labute approximate surface area is 79.7 Å². The van der Waals surface area contributed by atoms with Crippen molar-refractivity contribution < 1.29 is 18.1 Å². The van der Waals surface area contributed by atoms with Crippen molar-refractivity contribution >= 4 is 33.6 Å². The molecule has 0 aliphatic heterocycles. The third kappa shape index (κ3) is 5.47. The van der Waals surface area contributed by atoms with E-state index in [0.717, 1.165) is 0 Å². The zero-order chi connectivity index (χ0) is 8.20. The summed E-state index contributed by atoms with van der Waals surface area (Å²) < 4.78 is 14.5. The van der Waals surface area contributed by atoms with Gasteiger partial charge in [-0.25, -0.2) is 0 Å². The number of rotatable bonds is 3. The van der Waals surface area contributed by atoms with Gasteiger partial charge in [0.2, 0.25) is 0 Å². The van der Waals surface area contributed by atoms with Gasteiger partial charge in [0, 0.05) is 46.6 Å². The van der Waals surface area contributed by atoms with Crippen molar-refractivity contribution in [3.63, 3.8) is 0 Å². The van der Waals surface area contributed by atoms with E-state index in [1.54, 1.807) is 6.55 Å². The van der Waals surface area contributed by atoms with E-state index in [1.165, 1.54) is 21.1 Å². The molecular formula is C5H12LiO4Si. The molecule has 0 saturated carbocycles. The maximum Gasteiger partial charge on any atom is 0.564 e. The van der Waals surface area contributed by atoms with Crippen LogP contribution in [0.25, 0.3) is 0 Å². The smallest absolute Gasteiger partial charge is 0.474 e. The molecule has 0 aliphatic carbocycles. The van der Waals surface area contributed by atoms with Gasteiger partial charge in [0.15, 0.2) is 0 Å². The Balaban J connectivity index is 0. The Morgan fingerprint density at radius 2 is 1.64 bits per heavy atom. The van der Waals surface area contributed by atoms with Gasteiger partial charge in [-0.2, -0.15) is 0 Å². The van der Waals surface area contributed by atoms with E-state index >= 15 is 0 Å². The predicted octanol–water partition coefficient (Wildman–Crippen LogP) is 0.0302. The second kappa shape index (κ2) is 5.80. The van der Waals surface area contributed by atoms with Crippen LogP contribution >= 0.6 is 0 Å². The first kappa shape index (κ1) is 13.8. The molecule has 11 heavy (non-hydrogen) atoms. The van der Waals surface area contributed by atoms with Gasteiger partial charge in [-0.05, 0) is 0 Å². The summed E-state index contributed by atoms with van der Waals surface area (Å²) in [5, 5.41) is 0. The molecule has 0 aromatic carbocycles. The van der Waals surface area contributed by atoms with E-state index in [2.05, 4.69) is 0 Å². The van der Waals surface area contributed by atoms with E-state index in [1.807, 2.05) is 0 Å². The van der Waals surface area contributed by atoms with Crippen molar-refractivity contribution in [2.45, 2.75) is 13.5 Å². The fourth-order valence-electron chi connectivity index (χ4n) is 0.428. The monoisotopic (exact) mass is 171 g/mol. The summed E-state index contributed by atoms with van der Waals surface area (Å²) in [6, 6.07) is 0. The third-order valence-corrected chi connectivity index (χ3v) is 3.21. The van der Waals surface area contributed by atoms with Crippen molar-refractivity contribution in [2.24, 2.45) is 0 Å². The Bertz CT molecular complexity index is 126. The Morgan fingerprint density at radius 3 is 1.73 bits per heavy atom. The summed E-state index contributed by atoms with van der Waals surface area (Å²) in [5.41, 5.74) is 0. The zero-order valence-electron chi connectivity index (χ0n) is 7.63. The molecule has 0 atom stereocenters. The zero-order valence-corrected chi connectivity index (χ0v) is 8.63. The first-order chi connectivity index (χ1) is 4.54. The average Bonchev–Trinajstić information content (AvgIpc) is 1.87. The number of carbonyl (C=O) groups is 1. The molecule has 0 spiro atoms. The van der Waals surface area contributed by atoms with Crippen molar-refractivity contribution in [3.05, 3.63) is 0 Å². The molecule has 0 aromatic rings. The second-order valence-electron chi connectivity index (χ2n) is 1.86.